The molecule has 2 fully saturated rings. The summed E-state index contributed by atoms with van der Waals surface area (Å²) in [6, 6.07) is -0.173. The van der Waals surface area contributed by atoms with Crippen molar-refractivity contribution in [1.29, 1.82) is 0 Å². The summed E-state index contributed by atoms with van der Waals surface area (Å²) in [5.74, 6) is 1.91. The van der Waals surface area contributed by atoms with Crippen molar-refractivity contribution in [1.82, 2.24) is 10.1 Å². The van der Waals surface area contributed by atoms with Crippen molar-refractivity contribution in [2.75, 3.05) is 19.6 Å². The Labute approximate surface area is 110 Å². The first-order valence-corrected chi connectivity index (χ1v) is 7.45. The Morgan fingerprint density at radius 3 is 2.56 bits per heavy atom. The van der Waals surface area contributed by atoms with Crippen molar-refractivity contribution in [3.8, 4) is 0 Å². The quantitative estimate of drug-likeness (QED) is 0.788. The number of hydroxylamine groups is 2. The lowest BCUT2D eigenvalue weighted by atomic mass is 9.83. The second kappa shape index (κ2) is 6.33. The molecule has 2 aliphatic rings. The zero-order valence-electron chi connectivity index (χ0n) is 11.7. The second-order valence-corrected chi connectivity index (χ2v) is 6.42. The number of nitrogens with zero attached hydrogens (tertiary/aromatic N) is 2. The standard InChI is InChI=1S/C14H27N2O2/c1-11-7-8-15(9-12(11)2)10-13-5-3-4-6-14(13)16(17)18/h11-14,17H,3-10H2,1-2H3/q-1. The van der Waals surface area contributed by atoms with E-state index in [1.54, 1.807) is 0 Å². The van der Waals surface area contributed by atoms with Gasteiger partial charge in [-0.05, 0) is 43.6 Å². The Balaban J connectivity index is 1.87. The number of rotatable bonds is 3. The Morgan fingerprint density at radius 1 is 1.17 bits per heavy atom. The summed E-state index contributed by atoms with van der Waals surface area (Å²) in [5, 5.41) is 20.7. The van der Waals surface area contributed by atoms with E-state index in [1.165, 1.54) is 12.8 Å². The van der Waals surface area contributed by atoms with Gasteiger partial charge in [0.2, 0.25) is 0 Å². The summed E-state index contributed by atoms with van der Waals surface area (Å²) in [4.78, 5) is 2.50. The van der Waals surface area contributed by atoms with Crippen molar-refractivity contribution in [3.63, 3.8) is 0 Å². The van der Waals surface area contributed by atoms with Gasteiger partial charge in [-0.25, -0.2) is 0 Å². The summed E-state index contributed by atoms with van der Waals surface area (Å²) >= 11 is 0. The maximum atomic E-state index is 11.2. The Hall–Kier alpha value is -0.160. The van der Waals surface area contributed by atoms with Crippen LogP contribution < -0.4 is 0 Å². The second-order valence-electron chi connectivity index (χ2n) is 6.42. The summed E-state index contributed by atoms with van der Waals surface area (Å²) in [6.07, 6.45) is 5.48. The van der Waals surface area contributed by atoms with Gasteiger partial charge in [-0.2, -0.15) is 0 Å². The van der Waals surface area contributed by atoms with E-state index < -0.39 is 0 Å². The Bertz CT molecular complexity index is 260. The SMILES string of the molecule is CC1CCN(CC2CCCCC2N([O-])O)CC1C. The molecule has 1 heterocycles. The largest absolute Gasteiger partial charge is 0.762 e. The lowest BCUT2D eigenvalue weighted by Gasteiger charge is -2.44. The van der Waals surface area contributed by atoms with E-state index in [1.807, 2.05) is 0 Å². The first kappa shape index (κ1) is 14.3. The molecule has 1 aliphatic heterocycles. The lowest BCUT2D eigenvalue weighted by Crippen LogP contribution is -2.46. The minimum absolute atomic E-state index is 0.173. The molecule has 4 atom stereocenters. The van der Waals surface area contributed by atoms with Gasteiger partial charge < -0.3 is 15.3 Å². The molecule has 0 spiro atoms. The summed E-state index contributed by atoms with van der Waals surface area (Å²) in [5.41, 5.74) is 0. The van der Waals surface area contributed by atoms with Gasteiger partial charge in [0.15, 0.2) is 0 Å². The number of hydrogen-bond acceptors (Lipinski definition) is 4. The minimum atomic E-state index is -0.173. The Morgan fingerprint density at radius 2 is 1.89 bits per heavy atom. The van der Waals surface area contributed by atoms with Crippen LogP contribution in [-0.4, -0.2) is 41.0 Å². The van der Waals surface area contributed by atoms with Crippen LogP contribution in [0.1, 0.15) is 46.0 Å². The van der Waals surface area contributed by atoms with E-state index in [9.17, 15) is 10.4 Å². The van der Waals surface area contributed by atoms with Crippen molar-refractivity contribution >= 4 is 0 Å². The summed E-state index contributed by atoms with van der Waals surface area (Å²) < 4.78 is 0. The van der Waals surface area contributed by atoms with Crippen molar-refractivity contribution in [3.05, 3.63) is 5.21 Å². The van der Waals surface area contributed by atoms with Crippen LogP contribution >= 0.6 is 0 Å². The summed E-state index contributed by atoms with van der Waals surface area (Å²) in [6.45, 7) is 7.94. The van der Waals surface area contributed by atoms with E-state index in [0.29, 0.717) is 5.92 Å². The molecule has 4 heteroatoms. The molecule has 1 saturated heterocycles. The van der Waals surface area contributed by atoms with Crippen LogP contribution in [0.25, 0.3) is 0 Å². The van der Waals surface area contributed by atoms with E-state index in [2.05, 4.69) is 18.7 Å². The predicted octanol–water partition coefficient (Wildman–Crippen LogP) is 2.71. The van der Waals surface area contributed by atoms with Gasteiger partial charge in [-0.3, -0.25) is 5.23 Å². The third-order valence-electron chi connectivity index (χ3n) is 5.06. The zero-order valence-corrected chi connectivity index (χ0v) is 11.7. The van der Waals surface area contributed by atoms with Gasteiger partial charge in [-0.15, -0.1) is 0 Å². The van der Waals surface area contributed by atoms with Gasteiger partial charge in [0, 0.05) is 19.1 Å². The van der Waals surface area contributed by atoms with Crippen molar-refractivity contribution in [2.45, 2.75) is 52.0 Å². The molecule has 4 nitrogen and oxygen atoms in total. The highest BCUT2D eigenvalue weighted by molar-refractivity contribution is 4.85. The fourth-order valence-electron chi connectivity index (χ4n) is 3.54. The molecule has 2 rings (SSSR count). The molecule has 0 radical (unpaired) electrons. The number of hydrogen-bond donors (Lipinski definition) is 1. The lowest BCUT2D eigenvalue weighted by molar-refractivity contribution is -0.110. The zero-order chi connectivity index (χ0) is 13.1. The molecule has 0 amide bonds. The van der Waals surface area contributed by atoms with Crippen LogP contribution in [0.2, 0.25) is 0 Å². The predicted molar refractivity (Wildman–Crippen MR) is 72.1 cm³/mol. The molecule has 0 bridgehead atoms. The van der Waals surface area contributed by atoms with Crippen LogP contribution in [0.15, 0.2) is 0 Å². The van der Waals surface area contributed by atoms with E-state index >= 15 is 0 Å². The third kappa shape index (κ3) is 3.44. The fraction of sp³-hybridized carbons (Fsp3) is 1.00. The Kier molecular flexibility index (Phi) is 5.01. The van der Waals surface area contributed by atoms with Crippen molar-refractivity contribution < 1.29 is 5.21 Å². The molecule has 106 valence electrons. The molecule has 0 aromatic heterocycles. The molecule has 1 N–H and O–H groups in total. The molecule has 0 aromatic carbocycles. The highest BCUT2D eigenvalue weighted by atomic mass is 16.8. The maximum Gasteiger partial charge on any atom is 0.0257 e. The number of piperidine rings is 1. The minimum Gasteiger partial charge on any atom is -0.762 e. The van der Waals surface area contributed by atoms with Gasteiger partial charge in [0.05, 0.1) is 0 Å². The molecule has 0 aromatic rings. The van der Waals surface area contributed by atoms with Gasteiger partial charge in [-0.1, -0.05) is 26.7 Å². The van der Waals surface area contributed by atoms with Crippen LogP contribution in [0.3, 0.4) is 0 Å². The van der Waals surface area contributed by atoms with Gasteiger partial charge in [0.25, 0.3) is 0 Å². The fourth-order valence-corrected chi connectivity index (χ4v) is 3.54. The highest BCUT2D eigenvalue weighted by Gasteiger charge is 2.30. The molecular formula is C14H27N2O2-. The van der Waals surface area contributed by atoms with Crippen LogP contribution in [0.4, 0.5) is 0 Å². The first-order valence-electron chi connectivity index (χ1n) is 7.45. The highest BCUT2D eigenvalue weighted by Crippen LogP contribution is 2.30. The number of likely N-dealkylation sites (tertiary alicyclic amines) is 1. The summed E-state index contributed by atoms with van der Waals surface area (Å²) in [7, 11) is 0. The average Bonchev–Trinajstić information content (AvgIpc) is 2.34. The van der Waals surface area contributed by atoms with E-state index in [-0.39, 0.29) is 11.3 Å². The first-order chi connectivity index (χ1) is 8.58. The molecule has 18 heavy (non-hydrogen) atoms. The smallest absolute Gasteiger partial charge is 0.0257 e. The normalized spacial score (nSPS) is 39.2. The average molecular weight is 255 g/mol. The van der Waals surface area contributed by atoms with Crippen LogP contribution in [0, 0.1) is 23.0 Å². The van der Waals surface area contributed by atoms with Gasteiger partial charge in [0.1, 0.15) is 0 Å². The van der Waals surface area contributed by atoms with Crippen molar-refractivity contribution in [2.24, 2.45) is 17.8 Å². The third-order valence-corrected chi connectivity index (χ3v) is 5.06. The maximum absolute atomic E-state index is 11.2. The van der Waals surface area contributed by atoms with E-state index in [4.69, 9.17) is 0 Å². The topological polar surface area (TPSA) is 49.8 Å². The van der Waals surface area contributed by atoms with E-state index in [0.717, 1.165) is 50.7 Å². The van der Waals surface area contributed by atoms with Crippen LogP contribution in [-0.2, 0) is 0 Å². The molecular weight excluding hydrogens is 228 g/mol. The monoisotopic (exact) mass is 255 g/mol. The molecule has 1 aliphatic carbocycles. The van der Waals surface area contributed by atoms with Gasteiger partial charge >= 0.3 is 0 Å². The van der Waals surface area contributed by atoms with Crippen LogP contribution in [0.5, 0.6) is 0 Å². The molecule has 1 saturated carbocycles. The molecule has 4 unspecified atom stereocenters.